The van der Waals surface area contributed by atoms with Crippen molar-refractivity contribution in [2.24, 2.45) is 10.4 Å². The summed E-state index contributed by atoms with van der Waals surface area (Å²) in [7, 11) is -1.69. The lowest BCUT2D eigenvalue weighted by atomic mass is 9.87. The smallest absolute Gasteiger partial charge is 0.240 e. The maximum absolute atomic E-state index is 12.1. The highest BCUT2D eigenvalue weighted by atomic mass is 32.2. The van der Waals surface area contributed by atoms with Gasteiger partial charge in [-0.05, 0) is 30.4 Å². The van der Waals surface area contributed by atoms with Gasteiger partial charge in [-0.15, -0.1) is 0 Å². The Balaban J connectivity index is 1.81. The number of hydrogen-bond donors (Lipinski definition) is 2. The van der Waals surface area contributed by atoms with E-state index in [9.17, 15) is 8.42 Å². The number of rotatable bonds is 6. The minimum Gasteiger partial charge on any atom is -0.355 e. The monoisotopic (exact) mass is 352 g/mol. The van der Waals surface area contributed by atoms with E-state index in [1.54, 1.807) is 37.4 Å². The molecule has 1 heterocycles. The van der Waals surface area contributed by atoms with Crippen molar-refractivity contribution in [3.05, 3.63) is 30.3 Å². The first-order valence-corrected chi connectivity index (χ1v) is 9.89. The molecule has 6 nitrogen and oxygen atoms in total. The number of hydrogen-bond acceptors (Lipinski definition) is 3. The molecule has 1 aliphatic heterocycles. The molecule has 0 aliphatic carbocycles. The fourth-order valence-electron chi connectivity index (χ4n) is 2.87. The van der Waals surface area contributed by atoms with Crippen LogP contribution in [-0.2, 0) is 10.0 Å². The zero-order valence-electron chi connectivity index (χ0n) is 14.7. The maximum atomic E-state index is 12.1. The number of benzene rings is 1. The van der Waals surface area contributed by atoms with Crippen LogP contribution in [0.15, 0.2) is 40.2 Å². The highest BCUT2D eigenvalue weighted by molar-refractivity contribution is 7.89. The van der Waals surface area contributed by atoms with Gasteiger partial charge in [0.05, 0.1) is 4.90 Å². The Bertz CT molecular complexity index is 660. The SMILES string of the molecule is CCC1(C)CCN(C(=NC)NCCNS(=O)(=O)c2ccccc2)C1. The quantitative estimate of drug-likeness (QED) is 0.464. The predicted molar refractivity (Wildman–Crippen MR) is 97.6 cm³/mol. The van der Waals surface area contributed by atoms with E-state index in [1.807, 2.05) is 0 Å². The van der Waals surface area contributed by atoms with Crippen LogP contribution in [0.1, 0.15) is 26.7 Å². The lowest BCUT2D eigenvalue weighted by Crippen LogP contribution is -2.43. The highest BCUT2D eigenvalue weighted by Gasteiger charge is 2.33. The number of nitrogens with one attached hydrogen (secondary N) is 2. The molecule has 1 unspecified atom stereocenters. The van der Waals surface area contributed by atoms with Gasteiger partial charge < -0.3 is 10.2 Å². The van der Waals surface area contributed by atoms with Crippen LogP contribution in [0.25, 0.3) is 0 Å². The van der Waals surface area contributed by atoms with Crippen LogP contribution in [-0.4, -0.2) is 52.5 Å². The van der Waals surface area contributed by atoms with Crippen LogP contribution in [0.5, 0.6) is 0 Å². The standard InChI is InChI=1S/C17H28N4O2S/c1-4-17(2)10-13-21(14-17)16(18-3)19-11-12-20-24(22,23)15-8-6-5-7-9-15/h5-9,20H,4,10-14H2,1-3H3,(H,18,19). The summed E-state index contributed by atoms with van der Waals surface area (Å²) < 4.78 is 26.9. The van der Waals surface area contributed by atoms with Crippen LogP contribution in [0.2, 0.25) is 0 Å². The lowest BCUT2D eigenvalue weighted by molar-refractivity contribution is 0.322. The molecule has 0 bridgehead atoms. The minimum atomic E-state index is -3.45. The summed E-state index contributed by atoms with van der Waals surface area (Å²) in [6, 6.07) is 8.40. The van der Waals surface area contributed by atoms with Crippen molar-refractivity contribution < 1.29 is 8.42 Å². The maximum Gasteiger partial charge on any atom is 0.240 e. The van der Waals surface area contributed by atoms with Crippen LogP contribution >= 0.6 is 0 Å². The number of guanidine groups is 1. The van der Waals surface area contributed by atoms with E-state index < -0.39 is 10.0 Å². The number of likely N-dealkylation sites (tertiary alicyclic amines) is 1. The van der Waals surface area contributed by atoms with Crippen LogP contribution < -0.4 is 10.0 Å². The Kier molecular flexibility index (Phi) is 6.23. The predicted octanol–water partition coefficient (Wildman–Crippen LogP) is 1.66. The normalized spacial score (nSPS) is 22.0. The molecule has 1 aromatic carbocycles. The van der Waals surface area contributed by atoms with Gasteiger partial charge >= 0.3 is 0 Å². The van der Waals surface area contributed by atoms with Crippen LogP contribution in [0, 0.1) is 5.41 Å². The van der Waals surface area contributed by atoms with Crippen molar-refractivity contribution in [2.45, 2.75) is 31.6 Å². The molecule has 2 rings (SSSR count). The van der Waals surface area contributed by atoms with Crippen molar-refractivity contribution in [3.8, 4) is 0 Å². The second kappa shape index (κ2) is 7.98. The Morgan fingerprint density at radius 3 is 2.58 bits per heavy atom. The molecule has 1 aliphatic rings. The van der Waals surface area contributed by atoms with Gasteiger partial charge in [0.1, 0.15) is 0 Å². The zero-order chi connectivity index (χ0) is 17.6. The van der Waals surface area contributed by atoms with E-state index in [1.165, 1.54) is 0 Å². The van der Waals surface area contributed by atoms with E-state index in [-0.39, 0.29) is 4.90 Å². The number of sulfonamides is 1. The topological polar surface area (TPSA) is 73.8 Å². The van der Waals surface area contributed by atoms with Gasteiger partial charge in [0.2, 0.25) is 10.0 Å². The molecule has 1 fully saturated rings. The Labute approximate surface area is 145 Å². The van der Waals surface area contributed by atoms with Crippen molar-refractivity contribution in [2.75, 3.05) is 33.2 Å². The first kappa shape index (κ1) is 18.7. The molecule has 0 aromatic heterocycles. The molecule has 134 valence electrons. The third-order valence-electron chi connectivity index (χ3n) is 4.68. The largest absolute Gasteiger partial charge is 0.355 e. The zero-order valence-corrected chi connectivity index (χ0v) is 15.6. The van der Waals surface area contributed by atoms with E-state index in [2.05, 4.69) is 33.8 Å². The third kappa shape index (κ3) is 4.70. The van der Waals surface area contributed by atoms with Gasteiger partial charge in [-0.2, -0.15) is 0 Å². The fourth-order valence-corrected chi connectivity index (χ4v) is 3.92. The van der Waals surface area contributed by atoms with Crippen molar-refractivity contribution in [1.29, 1.82) is 0 Å². The first-order chi connectivity index (χ1) is 11.4. The molecule has 1 atom stereocenters. The first-order valence-electron chi connectivity index (χ1n) is 8.40. The van der Waals surface area contributed by atoms with Crippen molar-refractivity contribution in [1.82, 2.24) is 14.9 Å². The molecule has 2 N–H and O–H groups in total. The second-order valence-corrected chi connectivity index (χ2v) is 8.29. The van der Waals surface area contributed by atoms with Gasteiger partial charge in [0.15, 0.2) is 5.96 Å². The Morgan fingerprint density at radius 1 is 1.29 bits per heavy atom. The molecule has 1 saturated heterocycles. The molecule has 1 aromatic rings. The lowest BCUT2D eigenvalue weighted by Gasteiger charge is -2.25. The Hall–Kier alpha value is -1.60. The summed E-state index contributed by atoms with van der Waals surface area (Å²) in [6.07, 6.45) is 2.31. The molecular formula is C17H28N4O2S. The summed E-state index contributed by atoms with van der Waals surface area (Å²) in [5.41, 5.74) is 0.340. The van der Waals surface area contributed by atoms with Crippen LogP contribution in [0.4, 0.5) is 0 Å². The molecular weight excluding hydrogens is 324 g/mol. The average molecular weight is 353 g/mol. The summed E-state index contributed by atoms with van der Waals surface area (Å²) in [5, 5.41) is 3.25. The third-order valence-corrected chi connectivity index (χ3v) is 6.15. The molecule has 7 heteroatoms. The number of nitrogens with zero attached hydrogens (tertiary/aromatic N) is 2. The summed E-state index contributed by atoms with van der Waals surface area (Å²) in [4.78, 5) is 6.85. The number of aliphatic imine (C=N–C) groups is 1. The summed E-state index contributed by atoms with van der Waals surface area (Å²) in [5.74, 6) is 0.839. The average Bonchev–Trinajstić information content (AvgIpc) is 2.98. The minimum absolute atomic E-state index is 0.285. The summed E-state index contributed by atoms with van der Waals surface area (Å²) in [6.45, 7) is 7.30. The molecule has 0 amide bonds. The van der Waals surface area contributed by atoms with E-state index in [0.29, 0.717) is 18.5 Å². The molecule has 24 heavy (non-hydrogen) atoms. The van der Waals surface area contributed by atoms with E-state index in [0.717, 1.165) is 31.9 Å². The molecule has 0 spiro atoms. The molecule has 0 saturated carbocycles. The fraction of sp³-hybridized carbons (Fsp3) is 0.588. The molecule has 0 radical (unpaired) electrons. The van der Waals surface area contributed by atoms with E-state index >= 15 is 0 Å². The second-order valence-electron chi connectivity index (χ2n) is 6.52. The highest BCUT2D eigenvalue weighted by Crippen LogP contribution is 2.32. The van der Waals surface area contributed by atoms with Gasteiger partial charge in [-0.3, -0.25) is 4.99 Å². The van der Waals surface area contributed by atoms with Gasteiger partial charge in [-0.25, -0.2) is 13.1 Å². The van der Waals surface area contributed by atoms with Crippen molar-refractivity contribution >= 4 is 16.0 Å². The van der Waals surface area contributed by atoms with Gasteiger partial charge in [0.25, 0.3) is 0 Å². The van der Waals surface area contributed by atoms with Gasteiger partial charge in [0, 0.05) is 33.2 Å². The summed E-state index contributed by atoms with van der Waals surface area (Å²) >= 11 is 0. The Morgan fingerprint density at radius 2 is 2.00 bits per heavy atom. The van der Waals surface area contributed by atoms with Gasteiger partial charge in [-0.1, -0.05) is 32.0 Å². The van der Waals surface area contributed by atoms with Crippen molar-refractivity contribution in [3.63, 3.8) is 0 Å². The van der Waals surface area contributed by atoms with E-state index in [4.69, 9.17) is 0 Å². The van der Waals surface area contributed by atoms with Crippen LogP contribution in [0.3, 0.4) is 0 Å².